The minimum Gasteiger partial charge on any atom is -0.493 e. The Kier molecular flexibility index (Phi) is 6.01. The van der Waals surface area contributed by atoms with E-state index in [2.05, 4.69) is 5.32 Å². The van der Waals surface area contributed by atoms with Crippen molar-refractivity contribution >= 4 is 24.0 Å². The number of ether oxygens (including phenoxy) is 2. The second kappa shape index (κ2) is 8.64. The number of nitrogens with zero attached hydrogens (tertiary/aromatic N) is 1. The van der Waals surface area contributed by atoms with Crippen LogP contribution in [0.5, 0.6) is 11.5 Å². The van der Waals surface area contributed by atoms with E-state index in [0.29, 0.717) is 5.56 Å². The molecular weight excluding hydrogens is 395 g/mol. The van der Waals surface area contributed by atoms with Gasteiger partial charge in [-0.25, -0.2) is 14.0 Å². The van der Waals surface area contributed by atoms with E-state index in [0.717, 1.165) is 4.90 Å². The zero-order chi connectivity index (χ0) is 21.8. The van der Waals surface area contributed by atoms with Gasteiger partial charge in [0.05, 0.1) is 13.7 Å². The first kappa shape index (κ1) is 20.8. The van der Waals surface area contributed by atoms with Crippen LogP contribution in [0.4, 0.5) is 9.18 Å². The number of urea groups is 1. The number of halogens is 1. The highest BCUT2D eigenvalue weighted by molar-refractivity contribution is 6.13. The summed E-state index contributed by atoms with van der Waals surface area (Å²) in [5.41, 5.74) is 0.752. The number of amides is 3. The second-order valence-corrected chi connectivity index (χ2v) is 6.48. The molecule has 0 saturated carbocycles. The quantitative estimate of drug-likeness (QED) is 0.533. The Morgan fingerprint density at radius 1 is 1.23 bits per heavy atom. The molecule has 1 heterocycles. The fourth-order valence-electron chi connectivity index (χ4n) is 2.79. The highest BCUT2D eigenvalue weighted by Gasteiger charge is 2.34. The normalized spacial score (nSPS) is 15.8. The number of benzene rings is 2. The van der Waals surface area contributed by atoms with E-state index in [1.807, 2.05) is 0 Å². The molecule has 0 aliphatic carbocycles. The molecule has 1 fully saturated rings. The summed E-state index contributed by atoms with van der Waals surface area (Å²) in [6.07, 6.45) is 0.361. The van der Waals surface area contributed by atoms with Gasteiger partial charge in [-0.05, 0) is 36.8 Å². The third-order valence-corrected chi connectivity index (χ3v) is 4.40. The van der Waals surface area contributed by atoms with Crippen molar-refractivity contribution in [3.63, 3.8) is 0 Å². The van der Waals surface area contributed by atoms with E-state index in [1.54, 1.807) is 12.1 Å². The summed E-state index contributed by atoms with van der Waals surface area (Å²) >= 11 is 0. The number of nitrogens with one attached hydrogen (secondary N) is 1. The number of carbonyl (C=O) groups excluding carboxylic acids is 2. The minimum absolute atomic E-state index is 0.0194. The first-order valence-corrected chi connectivity index (χ1v) is 8.95. The predicted molar refractivity (Wildman–Crippen MR) is 104 cm³/mol. The number of carboxylic acid groups (broad SMARTS) is 1. The van der Waals surface area contributed by atoms with Crippen LogP contribution in [0.15, 0.2) is 48.2 Å². The molecular formula is C21H19FN2O6. The second-order valence-electron chi connectivity index (χ2n) is 6.48. The van der Waals surface area contributed by atoms with Crippen LogP contribution in [0.25, 0.3) is 6.08 Å². The van der Waals surface area contributed by atoms with Gasteiger partial charge in [0.25, 0.3) is 5.91 Å². The Bertz CT molecular complexity index is 1040. The van der Waals surface area contributed by atoms with Crippen LogP contribution < -0.4 is 14.8 Å². The zero-order valence-electron chi connectivity index (χ0n) is 16.2. The van der Waals surface area contributed by atoms with E-state index in [1.165, 1.54) is 50.4 Å². The molecule has 0 aromatic heterocycles. The maximum absolute atomic E-state index is 13.9. The molecule has 2 aromatic carbocycles. The SMILES string of the molecule is COc1cc(/C=C2/NC(=O)N(Cc3ccccc3F)C2=O)ccc1OC(C)C(=O)O. The van der Waals surface area contributed by atoms with Gasteiger partial charge in [-0.1, -0.05) is 24.3 Å². The maximum atomic E-state index is 13.9. The van der Waals surface area contributed by atoms with Gasteiger partial charge in [0.1, 0.15) is 11.5 Å². The van der Waals surface area contributed by atoms with Gasteiger partial charge in [-0.3, -0.25) is 9.69 Å². The number of imide groups is 1. The highest BCUT2D eigenvalue weighted by Crippen LogP contribution is 2.30. The topological polar surface area (TPSA) is 105 Å². The molecule has 8 nitrogen and oxygen atoms in total. The summed E-state index contributed by atoms with van der Waals surface area (Å²) in [7, 11) is 1.39. The molecule has 30 heavy (non-hydrogen) atoms. The Balaban J connectivity index is 1.81. The molecule has 1 atom stereocenters. The first-order chi connectivity index (χ1) is 14.3. The van der Waals surface area contributed by atoms with Crippen molar-refractivity contribution in [2.45, 2.75) is 19.6 Å². The summed E-state index contributed by atoms with van der Waals surface area (Å²) in [4.78, 5) is 36.7. The van der Waals surface area contributed by atoms with Gasteiger partial charge in [0, 0.05) is 5.56 Å². The Morgan fingerprint density at radius 3 is 2.63 bits per heavy atom. The van der Waals surface area contributed by atoms with Crippen LogP contribution >= 0.6 is 0 Å². The van der Waals surface area contributed by atoms with E-state index >= 15 is 0 Å². The van der Waals surface area contributed by atoms with Gasteiger partial charge in [-0.2, -0.15) is 0 Å². The molecule has 0 bridgehead atoms. The molecule has 2 N–H and O–H groups in total. The van der Waals surface area contributed by atoms with Gasteiger partial charge >= 0.3 is 12.0 Å². The lowest BCUT2D eigenvalue weighted by molar-refractivity contribution is -0.144. The van der Waals surface area contributed by atoms with Gasteiger partial charge in [0.2, 0.25) is 0 Å². The minimum atomic E-state index is -1.13. The van der Waals surface area contributed by atoms with Crippen molar-refractivity contribution in [3.8, 4) is 11.5 Å². The molecule has 2 aromatic rings. The Hall–Kier alpha value is -3.88. The molecule has 3 rings (SSSR count). The number of carboxylic acids is 1. The van der Waals surface area contributed by atoms with Crippen molar-refractivity contribution in [1.82, 2.24) is 10.2 Å². The third kappa shape index (κ3) is 4.40. The number of hydrogen-bond acceptors (Lipinski definition) is 5. The smallest absolute Gasteiger partial charge is 0.344 e. The van der Waals surface area contributed by atoms with E-state index in [4.69, 9.17) is 14.6 Å². The summed E-state index contributed by atoms with van der Waals surface area (Å²) in [6, 6.07) is 9.86. The van der Waals surface area contributed by atoms with E-state index < -0.39 is 29.8 Å². The van der Waals surface area contributed by atoms with Crippen molar-refractivity contribution in [3.05, 3.63) is 65.1 Å². The maximum Gasteiger partial charge on any atom is 0.344 e. The van der Waals surface area contributed by atoms with Crippen LogP contribution in [-0.2, 0) is 16.1 Å². The average Bonchev–Trinajstić information content (AvgIpc) is 2.97. The largest absolute Gasteiger partial charge is 0.493 e. The lowest BCUT2D eigenvalue weighted by Gasteiger charge is -2.14. The molecule has 1 unspecified atom stereocenters. The monoisotopic (exact) mass is 414 g/mol. The predicted octanol–water partition coefficient (Wildman–Crippen LogP) is 2.78. The average molecular weight is 414 g/mol. The van der Waals surface area contributed by atoms with Crippen LogP contribution in [-0.4, -0.2) is 41.1 Å². The third-order valence-electron chi connectivity index (χ3n) is 4.40. The van der Waals surface area contributed by atoms with Crippen molar-refractivity contribution < 1.29 is 33.4 Å². The lowest BCUT2D eigenvalue weighted by Crippen LogP contribution is -2.30. The number of methoxy groups -OCH3 is 1. The molecule has 1 aliphatic rings. The fourth-order valence-corrected chi connectivity index (χ4v) is 2.79. The molecule has 0 spiro atoms. The first-order valence-electron chi connectivity index (χ1n) is 8.95. The Labute approximate surface area is 171 Å². The molecule has 3 amide bonds. The lowest BCUT2D eigenvalue weighted by atomic mass is 10.1. The summed E-state index contributed by atoms with van der Waals surface area (Å²) < 4.78 is 24.4. The number of carbonyl (C=O) groups is 3. The molecule has 1 aliphatic heterocycles. The number of aliphatic carboxylic acids is 1. The fraction of sp³-hybridized carbons (Fsp3) is 0.190. The van der Waals surface area contributed by atoms with Gasteiger partial charge in [-0.15, -0.1) is 0 Å². The Morgan fingerprint density at radius 2 is 1.97 bits per heavy atom. The van der Waals surface area contributed by atoms with Crippen LogP contribution in [0.1, 0.15) is 18.1 Å². The zero-order valence-corrected chi connectivity index (χ0v) is 16.2. The van der Waals surface area contributed by atoms with E-state index in [9.17, 15) is 18.8 Å². The van der Waals surface area contributed by atoms with Crippen molar-refractivity contribution in [1.29, 1.82) is 0 Å². The van der Waals surface area contributed by atoms with Crippen LogP contribution in [0.3, 0.4) is 0 Å². The summed E-state index contributed by atoms with van der Waals surface area (Å²) in [6.45, 7) is 1.19. The summed E-state index contributed by atoms with van der Waals surface area (Å²) in [5.74, 6) is -1.75. The molecule has 156 valence electrons. The van der Waals surface area contributed by atoms with Crippen LogP contribution in [0.2, 0.25) is 0 Å². The van der Waals surface area contributed by atoms with Crippen molar-refractivity contribution in [2.75, 3.05) is 7.11 Å². The molecule has 9 heteroatoms. The number of rotatable bonds is 7. The van der Waals surface area contributed by atoms with Crippen molar-refractivity contribution in [2.24, 2.45) is 0 Å². The molecule has 1 saturated heterocycles. The summed E-state index contributed by atoms with van der Waals surface area (Å²) in [5, 5.41) is 11.4. The highest BCUT2D eigenvalue weighted by atomic mass is 19.1. The number of hydrogen-bond donors (Lipinski definition) is 2. The molecule has 0 radical (unpaired) electrons. The standard InChI is InChI=1S/C21H19FN2O6/c1-12(20(26)27)30-17-8-7-13(10-18(17)29-2)9-16-19(25)24(21(28)23-16)11-14-5-3-4-6-15(14)22/h3-10,12H,11H2,1-2H3,(H,23,28)(H,26,27)/b16-9+. The van der Waals surface area contributed by atoms with Crippen LogP contribution in [0, 0.1) is 5.82 Å². The van der Waals surface area contributed by atoms with Gasteiger partial charge in [0.15, 0.2) is 17.6 Å². The van der Waals surface area contributed by atoms with Gasteiger partial charge < -0.3 is 19.9 Å². The van der Waals surface area contributed by atoms with E-state index in [-0.39, 0.29) is 29.3 Å².